The van der Waals surface area contributed by atoms with Crippen molar-refractivity contribution in [2.24, 2.45) is 0 Å². The number of rotatable bonds is 4. The van der Waals surface area contributed by atoms with Crippen LogP contribution in [-0.4, -0.2) is 54.4 Å². The van der Waals surface area contributed by atoms with Crippen molar-refractivity contribution in [3.05, 3.63) is 42.5 Å². The number of fused-ring (bicyclic) bond motifs is 2. The van der Waals surface area contributed by atoms with Crippen LogP contribution in [0.15, 0.2) is 47.4 Å². The highest BCUT2D eigenvalue weighted by Gasteiger charge is 2.40. The molecule has 0 radical (unpaired) electrons. The van der Waals surface area contributed by atoms with Crippen molar-refractivity contribution in [2.45, 2.75) is 23.8 Å². The summed E-state index contributed by atoms with van der Waals surface area (Å²) in [5.74, 6) is 0.794. The number of hydrogen-bond acceptors (Lipinski definition) is 6. The van der Waals surface area contributed by atoms with Crippen LogP contribution in [-0.2, 0) is 14.8 Å². The van der Waals surface area contributed by atoms with Crippen LogP contribution in [0.1, 0.15) is 12.8 Å². The third kappa shape index (κ3) is 3.27. The maximum absolute atomic E-state index is 13.3. The molecule has 1 amide bonds. The first-order valence-corrected chi connectivity index (χ1v) is 11.1. The monoisotopic (exact) mass is 428 g/mol. The SMILES string of the molecule is O=C(Nc1nc2ccccc2[nH]1)C1CCCN1S(=O)(=O)c1ccc2c(c1)OCCO2. The molecule has 1 atom stereocenters. The lowest BCUT2D eigenvalue weighted by Gasteiger charge is -2.24. The second-order valence-electron chi connectivity index (χ2n) is 7.17. The lowest BCUT2D eigenvalue weighted by atomic mass is 10.2. The molecule has 1 unspecified atom stereocenters. The fourth-order valence-electron chi connectivity index (χ4n) is 3.82. The van der Waals surface area contributed by atoms with Crippen molar-refractivity contribution in [2.75, 3.05) is 25.1 Å². The second-order valence-corrected chi connectivity index (χ2v) is 9.06. The van der Waals surface area contributed by atoms with E-state index in [0.717, 1.165) is 11.0 Å². The summed E-state index contributed by atoms with van der Waals surface area (Å²) >= 11 is 0. The molecule has 2 N–H and O–H groups in total. The molecular weight excluding hydrogens is 408 g/mol. The van der Waals surface area contributed by atoms with E-state index >= 15 is 0 Å². The van der Waals surface area contributed by atoms with E-state index in [1.54, 1.807) is 6.07 Å². The van der Waals surface area contributed by atoms with E-state index in [1.807, 2.05) is 24.3 Å². The topological polar surface area (TPSA) is 114 Å². The zero-order chi connectivity index (χ0) is 20.7. The minimum atomic E-state index is -3.88. The average molecular weight is 428 g/mol. The summed E-state index contributed by atoms with van der Waals surface area (Å²) in [4.78, 5) is 20.3. The van der Waals surface area contributed by atoms with Gasteiger partial charge in [0.2, 0.25) is 21.9 Å². The first-order chi connectivity index (χ1) is 14.5. The van der Waals surface area contributed by atoms with Gasteiger partial charge in [0.25, 0.3) is 0 Å². The number of amides is 1. The Labute approximate surface area is 173 Å². The summed E-state index contributed by atoms with van der Waals surface area (Å²) in [5.41, 5.74) is 1.51. The first kappa shape index (κ1) is 18.9. The highest BCUT2D eigenvalue weighted by atomic mass is 32.2. The molecule has 10 heteroatoms. The van der Waals surface area contributed by atoms with Gasteiger partial charge >= 0.3 is 0 Å². The van der Waals surface area contributed by atoms with Crippen LogP contribution < -0.4 is 14.8 Å². The van der Waals surface area contributed by atoms with E-state index in [9.17, 15) is 13.2 Å². The van der Waals surface area contributed by atoms with Gasteiger partial charge in [0, 0.05) is 12.6 Å². The second kappa shape index (κ2) is 7.29. The van der Waals surface area contributed by atoms with Crippen LogP contribution in [0.3, 0.4) is 0 Å². The Bertz CT molecular complexity index is 1190. The summed E-state index contributed by atoms with van der Waals surface area (Å²) < 4.78 is 38.7. The molecule has 0 aliphatic carbocycles. The molecule has 3 aromatic rings. The number of sulfonamides is 1. The number of anilines is 1. The van der Waals surface area contributed by atoms with Crippen molar-refractivity contribution >= 4 is 32.9 Å². The van der Waals surface area contributed by atoms with Crippen LogP contribution in [0.2, 0.25) is 0 Å². The lowest BCUT2D eigenvalue weighted by Crippen LogP contribution is -2.43. The Morgan fingerprint density at radius 1 is 1.13 bits per heavy atom. The molecule has 1 fully saturated rings. The number of hydrogen-bond donors (Lipinski definition) is 2. The van der Waals surface area contributed by atoms with E-state index < -0.39 is 22.0 Å². The van der Waals surface area contributed by atoms with Crippen molar-refractivity contribution in [1.29, 1.82) is 0 Å². The summed E-state index contributed by atoms with van der Waals surface area (Å²) in [6.45, 7) is 1.06. The number of imidazole rings is 1. The number of aromatic nitrogens is 2. The maximum Gasteiger partial charge on any atom is 0.245 e. The van der Waals surface area contributed by atoms with Crippen molar-refractivity contribution < 1.29 is 22.7 Å². The Hall–Kier alpha value is -3.11. The largest absolute Gasteiger partial charge is 0.486 e. The van der Waals surface area contributed by atoms with E-state index in [1.165, 1.54) is 16.4 Å². The third-order valence-corrected chi connectivity index (χ3v) is 7.16. The normalized spacial score (nSPS) is 19.1. The Balaban J connectivity index is 1.39. The molecule has 3 heterocycles. The Morgan fingerprint density at radius 2 is 1.93 bits per heavy atom. The van der Waals surface area contributed by atoms with Gasteiger partial charge < -0.3 is 14.5 Å². The average Bonchev–Trinajstić information content (AvgIpc) is 3.40. The molecule has 0 spiro atoms. The van der Waals surface area contributed by atoms with Crippen molar-refractivity contribution in [3.63, 3.8) is 0 Å². The number of benzene rings is 2. The van der Waals surface area contributed by atoms with Crippen LogP contribution in [0.25, 0.3) is 11.0 Å². The number of nitrogens with one attached hydrogen (secondary N) is 2. The van der Waals surface area contributed by atoms with Crippen LogP contribution >= 0.6 is 0 Å². The number of carbonyl (C=O) groups excluding carboxylic acids is 1. The maximum atomic E-state index is 13.3. The number of para-hydroxylation sites is 2. The molecule has 5 rings (SSSR count). The lowest BCUT2D eigenvalue weighted by molar-refractivity contribution is -0.119. The molecule has 1 aromatic heterocycles. The zero-order valence-corrected chi connectivity index (χ0v) is 16.8. The number of aromatic amines is 1. The molecule has 1 saturated heterocycles. The van der Waals surface area contributed by atoms with E-state index in [4.69, 9.17) is 9.47 Å². The van der Waals surface area contributed by atoms with Gasteiger partial charge in [-0.2, -0.15) is 4.31 Å². The first-order valence-electron chi connectivity index (χ1n) is 9.69. The number of H-pyrrole nitrogens is 1. The quantitative estimate of drug-likeness (QED) is 0.658. The minimum absolute atomic E-state index is 0.0789. The fourth-order valence-corrected chi connectivity index (χ4v) is 5.49. The van der Waals surface area contributed by atoms with Gasteiger partial charge in [-0.3, -0.25) is 10.1 Å². The number of ether oxygens (including phenoxy) is 2. The third-order valence-electron chi connectivity index (χ3n) is 5.26. The summed E-state index contributed by atoms with van der Waals surface area (Å²) in [6, 6.07) is 11.1. The van der Waals surface area contributed by atoms with E-state index in [0.29, 0.717) is 43.5 Å². The van der Waals surface area contributed by atoms with Gasteiger partial charge in [-0.15, -0.1) is 0 Å². The van der Waals surface area contributed by atoms with Crippen molar-refractivity contribution in [1.82, 2.24) is 14.3 Å². The zero-order valence-electron chi connectivity index (χ0n) is 16.0. The molecule has 2 aromatic carbocycles. The van der Waals surface area contributed by atoms with Crippen LogP contribution in [0, 0.1) is 0 Å². The summed E-state index contributed by atoms with van der Waals surface area (Å²) in [6.07, 6.45) is 1.04. The van der Waals surface area contributed by atoms with Crippen LogP contribution in [0.5, 0.6) is 11.5 Å². The smallest absolute Gasteiger partial charge is 0.245 e. The molecular formula is C20H20N4O5S. The van der Waals surface area contributed by atoms with Gasteiger partial charge in [0.05, 0.1) is 15.9 Å². The number of nitrogens with zero attached hydrogens (tertiary/aromatic N) is 2. The highest BCUT2D eigenvalue weighted by Crippen LogP contribution is 2.35. The Morgan fingerprint density at radius 3 is 2.77 bits per heavy atom. The van der Waals surface area contributed by atoms with Gasteiger partial charge in [-0.1, -0.05) is 12.1 Å². The van der Waals surface area contributed by atoms with Crippen molar-refractivity contribution in [3.8, 4) is 11.5 Å². The minimum Gasteiger partial charge on any atom is -0.486 e. The van der Waals surface area contributed by atoms with Gasteiger partial charge in [0.15, 0.2) is 11.5 Å². The van der Waals surface area contributed by atoms with Gasteiger partial charge in [0.1, 0.15) is 19.3 Å². The highest BCUT2D eigenvalue weighted by molar-refractivity contribution is 7.89. The summed E-state index contributed by atoms with van der Waals surface area (Å²) in [5, 5.41) is 2.72. The fraction of sp³-hybridized carbons (Fsp3) is 0.300. The predicted octanol–water partition coefficient (Wildman–Crippen LogP) is 2.13. The molecule has 2 aliphatic rings. The Kier molecular flexibility index (Phi) is 4.59. The summed E-state index contributed by atoms with van der Waals surface area (Å²) in [7, 11) is -3.88. The van der Waals surface area contributed by atoms with Gasteiger partial charge in [-0.25, -0.2) is 13.4 Å². The molecule has 0 saturated carbocycles. The van der Waals surface area contributed by atoms with Gasteiger partial charge in [-0.05, 0) is 37.1 Å². The van der Waals surface area contributed by atoms with Crippen LogP contribution in [0.4, 0.5) is 5.95 Å². The molecule has 0 bridgehead atoms. The molecule has 30 heavy (non-hydrogen) atoms. The standard InChI is InChI=1S/C20H20N4O5S/c25-19(23-20-21-14-4-1-2-5-15(14)22-20)16-6-3-9-24(16)30(26,27)13-7-8-17-18(12-13)29-11-10-28-17/h1-2,4-5,7-8,12,16H,3,6,9-11H2,(H2,21,22,23,25). The molecule has 156 valence electrons. The molecule has 2 aliphatic heterocycles. The van der Waals surface area contributed by atoms with E-state index in [2.05, 4.69) is 15.3 Å². The van der Waals surface area contributed by atoms with E-state index in [-0.39, 0.29) is 11.4 Å². The molecule has 9 nitrogen and oxygen atoms in total. The predicted molar refractivity (Wildman–Crippen MR) is 109 cm³/mol. The number of carbonyl (C=O) groups is 1.